The van der Waals surface area contributed by atoms with Gasteiger partial charge in [-0.25, -0.2) is 0 Å². The van der Waals surface area contributed by atoms with Gasteiger partial charge in [-0.1, -0.05) is 13.3 Å². The molecule has 2 atom stereocenters. The Kier molecular flexibility index (Phi) is 5.19. The second kappa shape index (κ2) is 6.89. The number of rotatable bonds is 3. The highest BCUT2D eigenvalue weighted by atomic mass is 16.2. The van der Waals surface area contributed by atoms with Crippen molar-refractivity contribution in [3.63, 3.8) is 0 Å². The fraction of sp³-hybridized carbons (Fsp3) is 0.857. The van der Waals surface area contributed by atoms with E-state index in [0.717, 1.165) is 45.3 Å². The number of nitrogens with one attached hydrogen (secondary N) is 2. The summed E-state index contributed by atoms with van der Waals surface area (Å²) in [7, 11) is 0. The van der Waals surface area contributed by atoms with E-state index in [9.17, 15) is 9.59 Å². The van der Waals surface area contributed by atoms with Crippen LogP contribution in [0, 0.1) is 5.92 Å². The number of hydrogen-bond acceptors (Lipinski definition) is 3. The van der Waals surface area contributed by atoms with Gasteiger partial charge in [0.15, 0.2) is 0 Å². The summed E-state index contributed by atoms with van der Waals surface area (Å²) in [4.78, 5) is 25.6. The predicted octanol–water partition coefficient (Wildman–Crippen LogP) is 0.503. The molecule has 0 aromatic carbocycles. The summed E-state index contributed by atoms with van der Waals surface area (Å²) in [5.74, 6) is 0.581. The third-order valence-electron chi connectivity index (χ3n) is 4.14. The van der Waals surface area contributed by atoms with Crippen molar-refractivity contribution < 1.29 is 9.59 Å². The lowest BCUT2D eigenvalue weighted by molar-refractivity contribution is -0.136. The first kappa shape index (κ1) is 14.3. The van der Waals surface area contributed by atoms with Gasteiger partial charge < -0.3 is 15.5 Å². The van der Waals surface area contributed by atoms with Crippen LogP contribution in [-0.2, 0) is 9.59 Å². The molecule has 2 unspecified atom stereocenters. The zero-order valence-electron chi connectivity index (χ0n) is 11.8. The standard InChI is InChI=1S/C14H25N3O2/c1-11-9-15-7-6-12(11)16-13(18)10-17-8-4-2-3-5-14(17)19/h11-12,15H,2-10H2,1H3,(H,16,18). The van der Waals surface area contributed by atoms with E-state index in [1.54, 1.807) is 4.90 Å². The number of nitrogens with zero attached hydrogens (tertiary/aromatic N) is 1. The molecule has 2 rings (SSSR count). The molecule has 0 aromatic heterocycles. The van der Waals surface area contributed by atoms with E-state index in [2.05, 4.69) is 17.6 Å². The van der Waals surface area contributed by atoms with Crippen LogP contribution in [0.3, 0.4) is 0 Å². The fourth-order valence-corrected chi connectivity index (χ4v) is 2.86. The van der Waals surface area contributed by atoms with Gasteiger partial charge in [-0.3, -0.25) is 9.59 Å². The Morgan fingerprint density at radius 3 is 3.05 bits per heavy atom. The normalized spacial score (nSPS) is 28.9. The van der Waals surface area contributed by atoms with E-state index in [4.69, 9.17) is 0 Å². The van der Waals surface area contributed by atoms with Crippen LogP contribution in [0.2, 0.25) is 0 Å². The highest BCUT2D eigenvalue weighted by Gasteiger charge is 2.24. The number of carbonyl (C=O) groups is 2. The first-order valence-electron chi connectivity index (χ1n) is 7.44. The number of piperidine rings is 1. The van der Waals surface area contributed by atoms with Gasteiger partial charge >= 0.3 is 0 Å². The van der Waals surface area contributed by atoms with E-state index < -0.39 is 0 Å². The summed E-state index contributed by atoms with van der Waals surface area (Å²) in [5.41, 5.74) is 0. The average molecular weight is 267 g/mol. The van der Waals surface area contributed by atoms with E-state index >= 15 is 0 Å². The fourth-order valence-electron chi connectivity index (χ4n) is 2.86. The number of likely N-dealkylation sites (tertiary alicyclic amines) is 1. The van der Waals surface area contributed by atoms with Gasteiger partial charge in [0.2, 0.25) is 11.8 Å². The third kappa shape index (κ3) is 4.20. The van der Waals surface area contributed by atoms with Crippen LogP contribution < -0.4 is 10.6 Å². The molecule has 2 N–H and O–H groups in total. The minimum absolute atomic E-state index is 0.00556. The molecule has 0 radical (unpaired) electrons. The second-order valence-electron chi connectivity index (χ2n) is 5.77. The summed E-state index contributed by atoms with van der Waals surface area (Å²) in [6, 6.07) is 0.246. The van der Waals surface area contributed by atoms with Crippen LogP contribution in [0.5, 0.6) is 0 Å². The molecule has 2 heterocycles. The molecule has 5 nitrogen and oxygen atoms in total. The van der Waals surface area contributed by atoms with Gasteiger partial charge in [0.1, 0.15) is 0 Å². The number of hydrogen-bond donors (Lipinski definition) is 2. The summed E-state index contributed by atoms with van der Waals surface area (Å²) in [5, 5.41) is 6.40. The lowest BCUT2D eigenvalue weighted by Gasteiger charge is -2.31. The van der Waals surface area contributed by atoms with Crippen LogP contribution >= 0.6 is 0 Å². The van der Waals surface area contributed by atoms with Crippen LogP contribution in [0.1, 0.15) is 39.0 Å². The van der Waals surface area contributed by atoms with E-state index in [1.807, 2.05) is 0 Å². The Morgan fingerprint density at radius 1 is 1.42 bits per heavy atom. The molecule has 2 aliphatic heterocycles. The average Bonchev–Trinajstić information content (AvgIpc) is 2.58. The lowest BCUT2D eigenvalue weighted by Crippen LogP contribution is -2.51. The Hall–Kier alpha value is -1.10. The first-order chi connectivity index (χ1) is 9.16. The molecule has 0 bridgehead atoms. The Balaban J connectivity index is 1.81. The summed E-state index contributed by atoms with van der Waals surface area (Å²) >= 11 is 0. The van der Waals surface area contributed by atoms with Crippen LogP contribution in [0.25, 0.3) is 0 Å². The van der Waals surface area contributed by atoms with Crippen molar-refractivity contribution in [1.29, 1.82) is 0 Å². The highest BCUT2D eigenvalue weighted by molar-refractivity contribution is 5.85. The second-order valence-corrected chi connectivity index (χ2v) is 5.77. The van der Waals surface area contributed by atoms with Crippen molar-refractivity contribution in [3.05, 3.63) is 0 Å². The molecule has 2 amide bonds. The summed E-state index contributed by atoms with van der Waals surface area (Å²) < 4.78 is 0. The zero-order valence-corrected chi connectivity index (χ0v) is 11.8. The van der Waals surface area contributed by atoms with E-state index in [0.29, 0.717) is 12.3 Å². The minimum Gasteiger partial charge on any atom is -0.351 e. The lowest BCUT2D eigenvalue weighted by atomic mass is 9.95. The SMILES string of the molecule is CC1CNCCC1NC(=O)CN1CCCCCC1=O. The third-order valence-corrected chi connectivity index (χ3v) is 4.14. The molecule has 0 aromatic rings. The Morgan fingerprint density at radius 2 is 2.26 bits per heavy atom. The van der Waals surface area contributed by atoms with Crippen molar-refractivity contribution in [3.8, 4) is 0 Å². The molecule has 0 saturated carbocycles. The van der Waals surface area contributed by atoms with Gasteiger partial charge in [0.25, 0.3) is 0 Å². The van der Waals surface area contributed by atoms with Crippen molar-refractivity contribution in [2.24, 2.45) is 5.92 Å². The maximum atomic E-state index is 12.1. The molecule has 108 valence electrons. The molecule has 2 aliphatic rings. The molecule has 2 fully saturated rings. The van der Waals surface area contributed by atoms with Crippen molar-refractivity contribution >= 4 is 11.8 Å². The molecule has 19 heavy (non-hydrogen) atoms. The largest absolute Gasteiger partial charge is 0.351 e. The maximum Gasteiger partial charge on any atom is 0.239 e. The molecule has 5 heteroatoms. The quantitative estimate of drug-likeness (QED) is 0.783. The minimum atomic E-state index is -0.00556. The molecule has 0 spiro atoms. The van der Waals surface area contributed by atoms with Gasteiger partial charge in [0.05, 0.1) is 6.54 Å². The van der Waals surface area contributed by atoms with Gasteiger partial charge in [-0.15, -0.1) is 0 Å². The smallest absolute Gasteiger partial charge is 0.239 e. The van der Waals surface area contributed by atoms with Crippen molar-refractivity contribution in [2.75, 3.05) is 26.2 Å². The Labute approximate surface area is 115 Å². The molecule has 2 saturated heterocycles. The summed E-state index contributed by atoms with van der Waals surface area (Å²) in [6.45, 7) is 5.02. The zero-order chi connectivity index (χ0) is 13.7. The van der Waals surface area contributed by atoms with Gasteiger partial charge in [0, 0.05) is 19.0 Å². The topological polar surface area (TPSA) is 61.4 Å². The van der Waals surface area contributed by atoms with E-state index in [-0.39, 0.29) is 24.4 Å². The maximum absolute atomic E-state index is 12.1. The highest BCUT2D eigenvalue weighted by Crippen LogP contribution is 2.12. The molecular formula is C14H25N3O2. The Bertz CT molecular complexity index is 333. The molecule has 0 aliphatic carbocycles. The van der Waals surface area contributed by atoms with Crippen LogP contribution in [0.15, 0.2) is 0 Å². The van der Waals surface area contributed by atoms with E-state index in [1.165, 1.54) is 0 Å². The number of amides is 2. The van der Waals surface area contributed by atoms with Crippen LogP contribution in [-0.4, -0.2) is 48.9 Å². The predicted molar refractivity (Wildman–Crippen MR) is 73.6 cm³/mol. The molecular weight excluding hydrogens is 242 g/mol. The van der Waals surface area contributed by atoms with Gasteiger partial charge in [-0.05, 0) is 38.3 Å². The first-order valence-corrected chi connectivity index (χ1v) is 7.44. The monoisotopic (exact) mass is 267 g/mol. The van der Waals surface area contributed by atoms with Crippen molar-refractivity contribution in [2.45, 2.75) is 45.1 Å². The summed E-state index contributed by atoms with van der Waals surface area (Å²) in [6.07, 6.45) is 4.64. The van der Waals surface area contributed by atoms with Crippen molar-refractivity contribution in [1.82, 2.24) is 15.5 Å². The number of carbonyl (C=O) groups excluding carboxylic acids is 2. The van der Waals surface area contributed by atoms with Crippen LogP contribution in [0.4, 0.5) is 0 Å². The van der Waals surface area contributed by atoms with Gasteiger partial charge in [-0.2, -0.15) is 0 Å².